The molecular weight excluding hydrogens is 480 g/mol. The van der Waals surface area contributed by atoms with E-state index in [1.807, 2.05) is 30.7 Å². The molecule has 2 aromatic rings. The van der Waals surface area contributed by atoms with Gasteiger partial charge in [-0.1, -0.05) is 6.08 Å². The fourth-order valence-corrected chi connectivity index (χ4v) is 6.13. The van der Waals surface area contributed by atoms with Crippen LogP contribution in [0.25, 0.3) is 16.6 Å². The molecular formula is C29H40N6O3. The molecule has 0 aromatic carbocycles. The van der Waals surface area contributed by atoms with Crippen LogP contribution < -0.4 is 16.0 Å². The van der Waals surface area contributed by atoms with Gasteiger partial charge in [0.05, 0.1) is 28.9 Å². The molecule has 1 amide bonds. The molecule has 0 radical (unpaired) electrons. The second kappa shape index (κ2) is 9.94. The normalized spacial score (nSPS) is 23.6. The second-order valence-electron chi connectivity index (χ2n) is 12.1. The Balaban J connectivity index is 1.55. The molecule has 0 bridgehead atoms. The highest BCUT2D eigenvalue weighted by atomic mass is 16.5. The number of nitrogens with zero attached hydrogens (tertiary/aromatic N) is 3. The van der Waals surface area contributed by atoms with E-state index < -0.39 is 6.23 Å². The Morgan fingerprint density at radius 2 is 1.97 bits per heavy atom. The van der Waals surface area contributed by atoms with Crippen LogP contribution in [0.5, 0.6) is 0 Å². The summed E-state index contributed by atoms with van der Waals surface area (Å²) in [5.74, 6) is -0.211. The van der Waals surface area contributed by atoms with Crippen LogP contribution in [-0.4, -0.2) is 62.8 Å². The maximum atomic E-state index is 13.7. The van der Waals surface area contributed by atoms with Crippen LogP contribution in [0.1, 0.15) is 82.9 Å². The van der Waals surface area contributed by atoms with Crippen molar-refractivity contribution >= 4 is 22.5 Å². The van der Waals surface area contributed by atoms with E-state index in [1.54, 1.807) is 6.20 Å². The average Bonchev–Trinajstić information content (AvgIpc) is 3.25. The summed E-state index contributed by atoms with van der Waals surface area (Å²) in [5.41, 5.74) is 5.44. The van der Waals surface area contributed by atoms with Gasteiger partial charge in [0, 0.05) is 42.1 Å². The largest absolute Gasteiger partial charge is 0.381 e. The summed E-state index contributed by atoms with van der Waals surface area (Å²) in [6, 6.07) is 2.08. The lowest BCUT2D eigenvalue weighted by atomic mass is 9.82. The van der Waals surface area contributed by atoms with Crippen molar-refractivity contribution in [3.05, 3.63) is 52.5 Å². The van der Waals surface area contributed by atoms with E-state index in [1.165, 1.54) is 0 Å². The zero-order chi connectivity index (χ0) is 27.2. The number of fused-ring (bicyclic) bond motifs is 1. The fourth-order valence-electron chi connectivity index (χ4n) is 6.13. The molecule has 1 atom stereocenters. The number of aliphatic hydroxyl groups is 1. The number of aliphatic hydroxyl groups excluding tert-OH is 1. The number of hydrogen-bond acceptors (Lipinski definition) is 7. The molecule has 1 unspecified atom stereocenters. The van der Waals surface area contributed by atoms with E-state index in [2.05, 4.69) is 49.7 Å². The second-order valence-corrected chi connectivity index (χ2v) is 12.1. The van der Waals surface area contributed by atoms with Crippen molar-refractivity contribution in [2.75, 3.05) is 19.8 Å². The molecule has 0 spiro atoms. The van der Waals surface area contributed by atoms with Crippen LogP contribution in [0.4, 0.5) is 0 Å². The van der Waals surface area contributed by atoms with Gasteiger partial charge in [0.2, 0.25) is 0 Å². The molecule has 5 heterocycles. The number of dihydropyridines is 1. The highest BCUT2D eigenvalue weighted by Gasteiger charge is 2.34. The summed E-state index contributed by atoms with van der Waals surface area (Å²) in [6.07, 6.45) is 7.64. The Kier molecular flexibility index (Phi) is 6.96. The lowest BCUT2D eigenvalue weighted by Gasteiger charge is -2.41. The Bertz CT molecular complexity index is 1340. The van der Waals surface area contributed by atoms with E-state index in [0.717, 1.165) is 58.4 Å². The Morgan fingerprint density at radius 1 is 1.24 bits per heavy atom. The molecule has 2 aromatic heterocycles. The van der Waals surface area contributed by atoms with Gasteiger partial charge in [0.15, 0.2) is 5.65 Å². The van der Waals surface area contributed by atoms with E-state index in [9.17, 15) is 9.90 Å². The number of rotatable bonds is 5. The lowest BCUT2D eigenvalue weighted by Crippen LogP contribution is -2.53. The monoisotopic (exact) mass is 520 g/mol. The third-order valence-corrected chi connectivity index (χ3v) is 7.58. The van der Waals surface area contributed by atoms with E-state index in [0.29, 0.717) is 18.8 Å². The number of aromatic nitrogens is 3. The summed E-state index contributed by atoms with van der Waals surface area (Å²) in [6.45, 7) is 14.2. The standard InChI is InChI=1S/C29H40N6O3/c1-17-11-18(2)32-27(37)22(17)15-30-26(36)21-12-24(19-13-28(3,4)34-29(5,6)14-19)33-25-23(21)16-31-35(25)20-7-9-38-10-8-20/h11-13,16,20,27,32,34,37H,7-10,14-15H2,1-6H3,(H,30,36). The van der Waals surface area contributed by atoms with E-state index >= 15 is 0 Å². The molecule has 3 aliphatic rings. The van der Waals surface area contributed by atoms with Gasteiger partial charge in [-0.3, -0.25) is 4.79 Å². The molecule has 4 N–H and O–H groups in total. The van der Waals surface area contributed by atoms with Crippen molar-refractivity contribution in [3.8, 4) is 0 Å². The van der Waals surface area contributed by atoms with Gasteiger partial charge in [-0.25, -0.2) is 9.67 Å². The maximum Gasteiger partial charge on any atom is 0.252 e. The maximum absolute atomic E-state index is 13.7. The van der Waals surface area contributed by atoms with Gasteiger partial charge >= 0.3 is 0 Å². The topological polar surface area (TPSA) is 113 Å². The molecule has 38 heavy (non-hydrogen) atoms. The smallest absolute Gasteiger partial charge is 0.252 e. The van der Waals surface area contributed by atoms with Gasteiger partial charge in [-0.2, -0.15) is 5.10 Å². The van der Waals surface area contributed by atoms with Crippen LogP contribution in [0.3, 0.4) is 0 Å². The molecule has 0 saturated carbocycles. The molecule has 9 nitrogen and oxygen atoms in total. The van der Waals surface area contributed by atoms with Crippen LogP contribution in [0.15, 0.2) is 41.3 Å². The predicted molar refractivity (Wildman–Crippen MR) is 148 cm³/mol. The Labute approximate surface area is 224 Å². The quantitative estimate of drug-likeness (QED) is 0.477. The van der Waals surface area contributed by atoms with Gasteiger partial charge < -0.3 is 25.8 Å². The van der Waals surface area contributed by atoms with Gasteiger partial charge in [0.25, 0.3) is 5.91 Å². The average molecular weight is 521 g/mol. The first kappa shape index (κ1) is 26.6. The van der Waals surface area contributed by atoms with Crippen LogP contribution in [0.2, 0.25) is 0 Å². The summed E-state index contributed by atoms with van der Waals surface area (Å²) in [4.78, 5) is 18.8. The molecule has 1 saturated heterocycles. The number of amides is 1. The van der Waals surface area contributed by atoms with Crippen LogP contribution in [0, 0.1) is 0 Å². The van der Waals surface area contributed by atoms with Crippen molar-refractivity contribution < 1.29 is 14.6 Å². The molecule has 3 aliphatic heterocycles. The van der Waals surface area contributed by atoms with Crippen molar-refractivity contribution in [2.24, 2.45) is 0 Å². The number of pyridine rings is 1. The summed E-state index contributed by atoms with van der Waals surface area (Å²) in [5, 5.41) is 25.7. The van der Waals surface area contributed by atoms with Crippen LogP contribution in [-0.2, 0) is 4.74 Å². The third kappa shape index (κ3) is 5.41. The zero-order valence-corrected chi connectivity index (χ0v) is 23.3. The number of carbonyl (C=O) groups is 1. The minimum Gasteiger partial charge on any atom is -0.381 e. The predicted octanol–water partition coefficient (Wildman–Crippen LogP) is 3.59. The van der Waals surface area contributed by atoms with E-state index in [4.69, 9.17) is 14.8 Å². The molecule has 5 rings (SSSR count). The van der Waals surface area contributed by atoms with Crippen molar-refractivity contribution in [3.63, 3.8) is 0 Å². The first-order valence-electron chi connectivity index (χ1n) is 13.5. The highest BCUT2D eigenvalue weighted by Crippen LogP contribution is 2.35. The van der Waals surface area contributed by atoms with Crippen molar-refractivity contribution in [1.29, 1.82) is 0 Å². The highest BCUT2D eigenvalue weighted by molar-refractivity contribution is 6.06. The number of allylic oxidation sites excluding steroid dienone is 3. The van der Waals surface area contributed by atoms with Gasteiger partial charge in [-0.05, 0) is 84.1 Å². The molecule has 0 aliphatic carbocycles. The lowest BCUT2D eigenvalue weighted by molar-refractivity contribution is 0.0673. The minimum atomic E-state index is -0.825. The summed E-state index contributed by atoms with van der Waals surface area (Å²) < 4.78 is 7.55. The van der Waals surface area contributed by atoms with Crippen molar-refractivity contribution in [1.82, 2.24) is 30.7 Å². The molecule has 1 fully saturated rings. The Morgan fingerprint density at radius 3 is 2.66 bits per heavy atom. The number of ether oxygens (including phenoxy) is 1. The SMILES string of the molecule is CC1=CC(C)=C(CNC(=O)c2cc(C3=CC(C)(C)NC(C)(C)C3)nc3c2cnn3C2CCOCC2)C(O)N1. The fraction of sp³-hybridized carbons (Fsp3) is 0.552. The van der Waals surface area contributed by atoms with Crippen molar-refractivity contribution in [2.45, 2.75) is 84.2 Å². The van der Waals surface area contributed by atoms with Gasteiger partial charge in [-0.15, -0.1) is 0 Å². The molecule has 9 heteroatoms. The Hall–Kier alpha value is -3.01. The van der Waals surface area contributed by atoms with Gasteiger partial charge in [0.1, 0.15) is 6.23 Å². The molecule has 204 valence electrons. The number of nitrogens with one attached hydrogen (secondary N) is 3. The summed E-state index contributed by atoms with van der Waals surface area (Å²) >= 11 is 0. The van der Waals surface area contributed by atoms with Crippen LogP contribution >= 0.6 is 0 Å². The number of carbonyl (C=O) groups excluding carboxylic acids is 1. The summed E-state index contributed by atoms with van der Waals surface area (Å²) in [7, 11) is 0. The van der Waals surface area contributed by atoms with E-state index in [-0.39, 0.29) is 29.6 Å². The third-order valence-electron chi connectivity index (χ3n) is 7.58. The zero-order valence-electron chi connectivity index (χ0n) is 23.3. The minimum absolute atomic E-state index is 0.118. The number of hydrogen-bond donors (Lipinski definition) is 4. The first-order valence-corrected chi connectivity index (χ1v) is 13.5. The first-order chi connectivity index (χ1) is 17.9.